The van der Waals surface area contributed by atoms with Crippen molar-refractivity contribution in [3.05, 3.63) is 15.6 Å². The SMILES string of the molecule is CCCc1nc(C2CCCO2)sc1CNC1CCCC1. The van der Waals surface area contributed by atoms with Crippen LogP contribution in [0, 0.1) is 0 Å². The maximum Gasteiger partial charge on any atom is 0.122 e. The average molecular weight is 294 g/mol. The van der Waals surface area contributed by atoms with Crippen LogP contribution in [0.1, 0.15) is 73.6 Å². The van der Waals surface area contributed by atoms with E-state index in [0.29, 0.717) is 0 Å². The minimum atomic E-state index is 0.274. The molecule has 0 bridgehead atoms. The van der Waals surface area contributed by atoms with Crippen molar-refractivity contribution in [1.82, 2.24) is 10.3 Å². The van der Waals surface area contributed by atoms with Gasteiger partial charge in [-0.25, -0.2) is 4.98 Å². The second kappa shape index (κ2) is 7.01. The van der Waals surface area contributed by atoms with E-state index in [1.54, 1.807) is 0 Å². The molecule has 1 atom stereocenters. The minimum Gasteiger partial charge on any atom is -0.371 e. The van der Waals surface area contributed by atoms with E-state index in [0.717, 1.165) is 32.0 Å². The first-order valence-corrected chi connectivity index (χ1v) is 9.02. The van der Waals surface area contributed by atoms with E-state index in [1.165, 1.54) is 54.1 Å². The number of thiazole rings is 1. The second-order valence-electron chi connectivity index (χ2n) is 6.04. The maximum absolute atomic E-state index is 5.79. The molecule has 1 aliphatic carbocycles. The average Bonchev–Trinajstić information content (AvgIpc) is 3.19. The molecule has 0 amide bonds. The molecular formula is C16H26N2OS. The Labute approximate surface area is 126 Å². The Morgan fingerprint density at radius 2 is 2.10 bits per heavy atom. The lowest BCUT2D eigenvalue weighted by Crippen LogP contribution is -2.25. The van der Waals surface area contributed by atoms with E-state index < -0.39 is 0 Å². The fourth-order valence-electron chi connectivity index (χ4n) is 3.25. The van der Waals surface area contributed by atoms with Crippen LogP contribution in [0.25, 0.3) is 0 Å². The van der Waals surface area contributed by atoms with E-state index in [1.807, 2.05) is 11.3 Å². The summed E-state index contributed by atoms with van der Waals surface area (Å²) in [6.45, 7) is 4.15. The predicted molar refractivity (Wildman–Crippen MR) is 83.1 cm³/mol. The van der Waals surface area contributed by atoms with E-state index in [4.69, 9.17) is 9.72 Å². The van der Waals surface area contributed by atoms with Crippen LogP contribution in [0.4, 0.5) is 0 Å². The molecule has 1 N–H and O–H groups in total. The lowest BCUT2D eigenvalue weighted by atomic mass is 10.2. The first kappa shape index (κ1) is 14.5. The Bertz CT molecular complexity index is 420. The van der Waals surface area contributed by atoms with Crippen LogP contribution in [0.5, 0.6) is 0 Å². The number of aromatic nitrogens is 1. The van der Waals surface area contributed by atoms with E-state index in [-0.39, 0.29) is 6.10 Å². The zero-order chi connectivity index (χ0) is 13.8. The summed E-state index contributed by atoms with van der Waals surface area (Å²) in [7, 11) is 0. The zero-order valence-corrected chi connectivity index (χ0v) is 13.3. The molecule has 1 aromatic rings. The Morgan fingerprint density at radius 1 is 1.25 bits per heavy atom. The van der Waals surface area contributed by atoms with E-state index in [9.17, 15) is 0 Å². The molecule has 0 aromatic carbocycles. The molecule has 3 rings (SSSR count). The van der Waals surface area contributed by atoms with Crippen LogP contribution in [0.2, 0.25) is 0 Å². The van der Waals surface area contributed by atoms with Gasteiger partial charge >= 0.3 is 0 Å². The zero-order valence-electron chi connectivity index (χ0n) is 12.5. The molecule has 0 radical (unpaired) electrons. The molecular weight excluding hydrogens is 268 g/mol. The van der Waals surface area contributed by atoms with Gasteiger partial charge < -0.3 is 10.1 Å². The number of hydrogen-bond donors (Lipinski definition) is 1. The maximum atomic E-state index is 5.79. The molecule has 2 heterocycles. The predicted octanol–water partition coefficient (Wildman–Crippen LogP) is 3.98. The molecule has 4 heteroatoms. The molecule has 3 nitrogen and oxygen atoms in total. The summed E-state index contributed by atoms with van der Waals surface area (Å²) in [5.41, 5.74) is 1.31. The normalized spacial score (nSPS) is 23.8. The standard InChI is InChI=1S/C16H26N2OS/c1-2-6-13-15(11-17-12-7-3-4-8-12)20-16(18-13)14-9-5-10-19-14/h12,14,17H,2-11H2,1H3. The fraction of sp³-hybridized carbons (Fsp3) is 0.812. The van der Waals surface area contributed by atoms with Crippen molar-refractivity contribution < 1.29 is 4.74 Å². The third-order valence-electron chi connectivity index (χ3n) is 4.39. The first-order valence-electron chi connectivity index (χ1n) is 8.20. The number of hydrogen-bond acceptors (Lipinski definition) is 4. The van der Waals surface area contributed by atoms with Crippen molar-refractivity contribution in [1.29, 1.82) is 0 Å². The molecule has 20 heavy (non-hydrogen) atoms. The van der Waals surface area contributed by atoms with Crippen molar-refractivity contribution in [2.75, 3.05) is 6.61 Å². The highest BCUT2D eigenvalue weighted by molar-refractivity contribution is 7.11. The van der Waals surface area contributed by atoms with Gasteiger partial charge in [-0.1, -0.05) is 26.2 Å². The van der Waals surface area contributed by atoms with Gasteiger partial charge in [0.1, 0.15) is 11.1 Å². The summed E-state index contributed by atoms with van der Waals surface area (Å²) in [6.07, 6.45) is 10.4. The molecule has 1 aromatic heterocycles. The summed E-state index contributed by atoms with van der Waals surface area (Å²) in [6, 6.07) is 0.734. The van der Waals surface area contributed by atoms with Crippen molar-refractivity contribution in [2.24, 2.45) is 0 Å². The van der Waals surface area contributed by atoms with Gasteiger partial charge in [0, 0.05) is 24.1 Å². The summed E-state index contributed by atoms with van der Waals surface area (Å²) in [5.74, 6) is 0. The topological polar surface area (TPSA) is 34.1 Å². The number of rotatable bonds is 6. The number of ether oxygens (including phenoxy) is 1. The van der Waals surface area contributed by atoms with Gasteiger partial charge in [-0.3, -0.25) is 0 Å². The summed E-state index contributed by atoms with van der Waals surface area (Å²) >= 11 is 1.88. The third-order valence-corrected chi connectivity index (χ3v) is 5.58. The Kier molecular flexibility index (Phi) is 5.08. The van der Waals surface area contributed by atoms with Gasteiger partial charge in [-0.2, -0.15) is 0 Å². The molecule has 2 fully saturated rings. The minimum absolute atomic E-state index is 0.274. The highest BCUT2D eigenvalue weighted by Crippen LogP contribution is 2.33. The van der Waals surface area contributed by atoms with Gasteiger partial charge in [0.25, 0.3) is 0 Å². The Balaban J connectivity index is 1.66. The van der Waals surface area contributed by atoms with Gasteiger partial charge in [0.2, 0.25) is 0 Å². The molecule has 1 unspecified atom stereocenters. The van der Waals surface area contributed by atoms with Crippen LogP contribution in [0.15, 0.2) is 0 Å². The van der Waals surface area contributed by atoms with Crippen LogP contribution >= 0.6 is 11.3 Å². The largest absolute Gasteiger partial charge is 0.371 e. The van der Waals surface area contributed by atoms with Crippen molar-refractivity contribution >= 4 is 11.3 Å². The first-order chi connectivity index (χ1) is 9.86. The van der Waals surface area contributed by atoms with E-state index >= 15 is 0 Å². The molecule has 1 aliphatic heterocycles. The fourth-order valence-corrected chi connectivity index (χ4v) is 4.40. The number of nitrogens with one attached hydrogen (secondary N) is 1. The van der Waals surface area contributed by atoms with Crippen LogP contribution in [0.3, 0.4) is 0 Å². The highest BCUT2D eigenvalue weighted by atomic mass is 32.1. The van der Waals surface area contributed by atoms with Gasteiger partial charge in [0.15, 0.2) is 0 Å². The Morgan fingerprint density at radius 3 is 2.80 bits per heavy atom. The highest BCUT2D eigenvalue weighted by Gasteiger charge is 2.23. The van der Waals surface area contributed by atoms with Crippen LogP contribution < -0.4 is 5.32 Å². The lowest BCUT2D eigenvalue weighted by Gasteiger charge is -2.11. The van der Waals surface area contributed by atoms with Gasteiger partial charge in [0.05, 0.1) is 5.69 Å². The van der Waals surface area contributed by atoms with Crippen molar-refractivity contribution in [3.63, 3.8) is 0 Å². The van der Waals surface area contributed by atoms with Crippen molar-refractivity contribution in [3.8, 4) is 0 Å². The van der Waals surface area contributed by atoms with Gasteiger partial charge in [-0.15, -0.1) is 11.3 Å². The van der Waals surface area contributed by atoms with Gasteiger partial charge in [-0.05, 0) is 32.1 Å². The summed E-state index contributed by atoms with van der Waals surface area (Å²) < 4.78 is 5.79. The quantitative estimate of drug-likeness (QED) is 0.861. The van der Waals surface area contributed by atoms with Crippen molar-refractivity contribution in [2.45, 2.75) is 77.0 Å². The lowest BCUT2D eigenvalue weighted by molar-refractivity contribution is 0.111. The summed E-state index contributed by atoms with van der Waals surface area (Å²) in [5, 5.41) is 4.95. The monoisotopic (exact) mass is 294 g/mol. The smallest absolute Gasteiger partial charge is 0.122 e. The van der Waals surface area contributed by atoms with Crippen LogP contribution in [-0.2, 0) is 17.7 Å². The summed E-state index contributed by atoms with van der Waals surface area (Å²) in [4.78, 5) is 6.33. The Hall–Kier alpha value is -0.450. The number of nitrogens with zero attached hydrogens (tertiary/aromatic N) is 1. The molecule has 2 aliphatic rings. The van der Waals surface area contributed by atoms with Crippen LogP contribution in [-0.4, -0.2) is 17.6 Å². The third kappa shape index (κ3) is 3.41. The van der Waals surface area contributed by atoms with E-state index in [2.05, 4.69) is 12.2 Å². The second-order valence-corrected chi connectivity index (χ2v) is 7.15. The number of aryl methyl sites for hydroxylation is 1. The molecule has 1 saturated heterocycles. The molecule has 0 spiro atoms. The molecule has 112 valence electrons. The molecule has 1 saturated carbocycles.